The number of hydrogen-bond donors (Lipinski definition) is 0. The first-order valence-corrected chi connectivity index (χ1v) is 0.612. The first-order chi connectivity index (χ1) is 1.00. The van der Waals surface area contributed by atoms with E-state index in [0.717, 1.165) is 0 Å². The van der Waals surface area contributed by atoms with E-state index in [0.29, 0.717) is 0 Å². The molecule has 0 aliphatic carbocycles. The summed E-state index contributed by atoms with van der Waals surface area (Å²) >= 11 is 0. The monoisotopic (exact) mass is 165 g/mol. The second-order valence-corrected chi connectivity index (χ2v) is 0. The van der Waals surface area contributed by atoms with E-state index < -0.39 is 0 Å². The fourth-order valence-corrected chi connectivity index (χ4v) is 0. The van der Waals surface area contributed by atoms with Crippen LogP contribution in [-0.4, -0.2) is 10.1 Å². The van der Waals surface area contributed by atoms with Crippen LogP contribution in [0.2, 0.25) is 0 Å². The Bertz CT molecular complexity index is 14.9. The summed E-state index contributed by atoms with van der Waals surface area (Å²) in [6.07, 6.45) is 0. The van der Waals surface area contributed by atoms with Crippen molar-refractivity contribution in [1.29, 1.82) is 0 Å². The Morgan fingerprint density at radius 3 is 1.00 bits per heavy atom. The van der Waals surface area contributed by atoms with E-state index in [1.165, 1.54) is 0 Å². The molecule has 0 saturated carbocycles. The van der Waals surface area contributed by atoms with Crippen LogP contribution in [-0.2, 0) is 37.1 Å². The van der Waals surface area contributed by atoms with Gasteiger partial charge >= 0.3 is 55.2 Å². The summed E-state index contributed by atoms with van der Waals surface area (Å²) in [5.41, 5.74) is 0. The third-order valence-electron chi connectivity index (χ3n) is 0. The largest absolute Gasteiger partial charge is 4.00 e. The van der Waals surface area contributed by atoms with Crippen LogP contribution in [0, 0.1) is 0 Å². The molecule has 0 aromatic rings. The molecule has 0 amide bonds. The number of hydrogen-bond acceptors (Lipinski definition) is 1. The molecule has 32 valence electrons. The minimum Gasteiger partial charge on any atom is -2.00 e. The molecule has 7 heavy (non-hydrogen) atoms. The quantitative estimate of drug-likeness (QED) is 0.269. The van der Waals surface area contributed by atoms with Crippen LogP contribution in [0.1, 0.15) is 0 Å². The average Bonchev–Trinajstić information content (AvgIpc) is 1.00. The van der Waals surface area contributed by atoms with Crippen LogP contribution in [0.25, 0.3) is 0 Å². The van der Waals surface area contributed by atoms with Gasteiger partial charge in [-0.25, -0.2) is 0 Å². The van der Waals surface area contributed by atoms with Crippen molar-refractivity contribution in [2.45, 2.75) is 0 Å². The Hall–Kier alpha value is 1.68. The summed E-state index contributed by atoms with van der Waals surface area (Å²) in [4.78, 5) is 0. The van der Waals surface area contributed by atoms with Gasteiger partial charge in [-0.2, -0.15) is 9.90 Å². The zero-order valence-corrected chi connectivity index (χ0v) is 7.91. The van der Waals surface area contributed by atoms with Crippen molar-refractivity contribution in [1.82, 2.24) is 0 Å². The summed E-state index contributed by atoms with van der Waals surface area (Å²) < 4.78 is 8.06. The van der Waals surface area contributed by atoms with Crippen LogP contribution in [0.15, 0.2) is 0 Å². The van der Waals surface area contributed by atoms with Crippen LogP contribution in [0.3, 0.4) is 0 Å². The summed E-state index contributed by atoms with van der Waals surface area (Å²) in [5.74, 6) is 0. The van der Waals surface area contributed by atoms with Gasteiger partial charge in [0.05, 0.1) is 0 Å². The predicted molar refractivity (Wildman–Crippen MR) is 18.9 cm³/mol. The Labute approximate surface area is 75.8 Å². The molecule has 3 nitrogen and oxygen atoms in total. The maximum absolute atomic E-state index is 8.06. The average molecular weight is 165 g/mol. The minimum absolute atomic E-state index is 0. The van der Waals surface area contributed by atoms with Gasteiger partial charge in [0, 0.05) is 0 Å². The van der Waals surface area contributed by atoms with Gasteiger partial charge in [-0.15, -0.1) is 0 Å². The summed E-state index contributed by atoms with van der Waals surface area (Å²) in [7, 11) is 1.72. The van der Waals surface area contributed by atoms with E-state index in [-0.39, 0.29) is 61.4 Å². The maximum atomic E-state index is 8.06. The Kier molecular flexibility index (Phi) is 1240. The van der Waals surface area contributed by atoms with Gasteiger partial charge in [-0.05, 0) is 0 Å². The van der Waals surface area contributed by atoms with Crippen molar-refractivity contribution in [2.75, 3.05) is 0 Å². The third kappa shape index (κ3) is 87.9. The van der Waals surface area contributed by atoms with E-state index in [2.05, 4.69) is 0 Å². The molecule has 0 saturated heterocycles. The molecule has 1 unspecified atom stereocenters. The Morgan fingerprint density at radius 2 is 1.00 bits per heavy atom. The van der Waals surface area contributed by atoms with E-state index >= 15 is 0 Å². The standard InChI is InChI=1S/Li.OSi.2O.H3P.Ti/c;1-2;;;;/h;;;;1H3;/q+1;+2;2*-2;;+4. The molecule has 0 radical (unpaired) electrons. The van der Waals surface area contributed by atoms with Gasteiger partial charge in [0.15, 0.2) is 0 Å². The SMILES string of the molecule is O=[Si+2].P.[Li+].[O-2].[O-2].[Ti+4]. The van der Waals surface area contributed by atoms with Crippen molar-refractivity contribution >= 4 is 20.0 Å². The smallest absolute Gasteiger partial charge is 2.00 e. The summed E-state index contributed by atoms with van der Waals surface area (Å²) in [6.45, 7) is 0. The molecule has 0 rings (SSSR count). The number of rotatable bonds is 0. The zero-order valence-electron chi connectivity index (χ0n) is 3.93. The van der Waals surface area contributed by atoms with E-state index in [1.807, 2.05) is 0 Å². The molecule has 7 heteroatoms. The van der Waals surface area contributed by atoms with Crippen LogP contribution in [0.4, 0.5) is 0 Å². The van der Waals surface area contributed by atoms with Gasteiger partial charge in [0.25, 0.3) is 0 Å². The predicted octanol–water partition coefficient (Wildman–Crippen LogP) is -3.68. The fourth-order valence-electron chi connectivity index (χ4n) is 0. The second-order valence-electron chi connectivity index (χ2n) is 0. The first kappa shape index (κ1) is 71.3. The molecule has 0 spiro atoms. The Balaban J connectivity index is -0.000000000500. The molecule has 1 atom stereocenters. The third-order valence-corrected chi connectivity index (χ3v) is 0. The minimum atomic E-state index is 0. The second kappa shape index (κ2) is 122. The van der Waals surface area contributed by atoms with E-state index in [9.17, 15) is 0 Å². The van der Waals surface area contributed by atoms with Crippen molar-refractivity contribution < 1.29 is 56.0 Å². The van der Waals surface area contributed by atoms with Gasteiger partial charge in [-0.1, -0.05) is 0 Å². The van der Waals surface area contributed by atoms with Gasteiger partial charge in [-0.3, -0.25) is 0 Å². The van der Waals surface area contributed by atoms with Crippen LogP contribution < -0.4 is 18.9 Å². The summed E-state index contributed by atoms with van der Waals surface area (Å²) in [5, 5.41) is 0. The van der Waals surface area contributed by atoms with Crippen molar-refractivity contribution in [3.63, 3.8) is 0 Å². The molecule has 0 N–H and O–H groups in total. The molecular weight excluding hydrogens is 162 g/mol. The molecular formula is H3LiO3PSiTi+3. The molecule has 0 bridgehead atoms. The topological polar surface area (TPSA) is 74.1 Å². The molecule has 0 heterocycles. The van der Waals surface area contributed by atoms with Gasteiger partial charge in [0.2, 0.25) is 0 Å². The molecule has 0 aromatic carbocycles. The molecule has 0 fully saturated rings. The van der Waals surface area contributed by atoms with Gasteiger partial charge < -0.3 is 11.0 Å². The maximum Gasteiger partial charge on any atom is 4.00 e. The molecule has 0 aliphatic heterocycles. The van der Waals surface area contributed by atoms with Crippen molar-refractivity contribution in [3.05, 3.63) is 0 Å². The summed E-state index contributed by atoms with van der Waals surface area (Å²) in [6, 6.07) is 0. The van der Waals surface area contributed by atoms with E-state index in [4.69, 9.17) is 4.46 Å². The fraction of sp³-hybridized carbons (Fsp3) is 0. The first-order valence-electron chi connectivity index (χ1n) is 0.204. The van der Waals surface area contributed by atoms with Crippen molar-refractivity contribution in [2.24, 2.45) is 0 Å². The van der Waals surface area contributed by atoms with E-state index in [1.54, 1.807) is 10.1 Å². The van der Waals surface area contributed by atoms with Crippen LogP contribution >= 0.6 is 9.90 Å². The van der Waals surface area contributed by atoms with Gasteiger partial charge in [0.1, 0.15) is 0 Å². The van der Waals surface area contributed by atoms with Crippen LogP contribution in [0.5, 0.6) is 0 Å². The Morgan fingerprint density at radius 1 is 1.00 bits per heavy atom. The van der Waals surface area contributed by atoms with Crippen molar-refractivity contribution in [3.8, 4) is 0 Å². The molecule has 0 aliphatic rings. The zero-order chi connectivity index (χ0) is 2.00. The molecule has 0 aromatic heterocycles. The normalized spacial score (nSPS) is 0.857.